The van der Waals surface area contributed by atoms with Gasteiger partial charge in [0.15, 0.2) is 0 Å². The summed E-state index contributed by atoms with van der Waals surface area (Å²) in [5.74, 6) is -2.68. The van der Waals surface area contributed by atoms with Crippen molar-refractivity contribution in [3.8, 4) is 0 Å². The lowest BCUT2D eigenvalue weighted by atomic mass is 9.70. The lowest BCUT2D eigenvalue weighted by molar-refractivity contribution is -0.147. The van der Waals surface area contributed by atoms with Gasteiger partial charge in [-0.2, -0.15) is 0 Å². The third-order valence-corrected chi connectivity index (χ3v) is 10.1. The fourth-order valence-corrected chi connectivity index (χ4v) is 8.14. The number of hydrogen-bond acceptors (Lipinski definition) is 5. The minimum atomic E-state index is -1.25. The summed E-state index contributed by atoms with van der Waals surface area (Å²) in [5, 5.41) is 11.0. The molecule has 3 heterocycles. The Kier molecular flexibility index (Phi) is 9.19. The lowest BCUT2D eigenvalue weighted by Gasteiger charge is -2.41. The van der Waals surface area contributed by atoms with Gasteiger partial charge in [-0.1, -0.05) is 72.1 Å². The molecule has 3 unspecified atom stereocenters. The van der Waals surface area contributed by atoms with Crippen molar-refractivity contribution in [1.29, 1.82) is 0 Å². The number of aliphatic hydroxyl groups excluding tert-OH is 1. The molecule has 1 N–H and O–H groups in total. The minimum absolute atomic E-state index is 0.107. The van der Waals surface area contributed by atoms with E-state index >= 15 is 0 Å². The van der Waals surface area contributed by atoms with Crippen LogP contribution in [-0.2, 0) is 19.1 Å². The van der Waals surface area contributed by atoms with E-state index in [0.29, 0.717) is 30.1 Å². The number of hydrogen-bond donors (Lipinski definition) is 1. The Morgan fingerprint density at radius 3 is 2.55 bits per heavy atom. The Morgan fingerprint density at radius 2 is 1.98 bits per heavy atom. The molecule has 0 radical (unpaired) electrons. The second kappa shape index (κ2) is 12.0. The molecule has 10 heteroatoms. The number of carbonyl (C=O) groups excluding carboxylic acids is 3. The van der Waals surface area contributed by atoms with Crippen LogP contribution in [0.1, 0.15) is 32.3 Å². The largest absolute Gasteiger partial charge is 0.394 e. The minimum Gasteiger partial charge on any atom is -0.394 e. The standard InChI is InChI=1S/C30H39BrClN3O5/c1-7-13-33(6)27(37)22-23-28(38)35(21(16-36)17(4)9-3)26(30(23)15-19(31)25(22)40-30)29(39)34(14-8-2)24-18(5)11-10-12-20(24)32/h7-8,10-12,17,19,21-23,25-26,36H,1-2,9,13-16H2,3-6H3/t17-,19?,21-,22+,23-,25+,26?,30?/m0/s1. The summed E-state index contributed by atoms with van der Waals surface area (Å²) in [5.41, 5.74) is 0.0757. The van der Waals surface area contributed by atoms with Gasteiger partial charge in [-0.15, -0.1) is 13.2 Å². The van der Waals surface area contributed by atoms with Gasteiger partial charge in [0.25, 0.3) is 5.91 Å². The first-order valence-electron chi connectivity index (χ1n) is 13.8. The molecule has 8 atom stereocenters. The monoisotopic (exact) mass is 635 g/mol. The number of anilines is 1. The predicted molar refractivity (Wildman–Crippen MR) is 159 cm³/mol. The summed E-state index contributed by atoms with van der Waals surface area (Å²) in [6.45, 7) is 13.6. The fraction of sp³-hybridized carbons (Fsp3) is 0.567. The highest BCUT2D eigenvalue weighted by Crippen LogP contribution is 2.61. The zero-order valence-electron chi connectivity index (χ0n) is 23.6. The maximum Gasteiger partial charge on any atom is 0.253 e. The van der Waals surface area contributed by atoms with E-state index in [1.807, 2.05) is 32.9 Å². The van der Waals surface area contributed by atoms with Crippen molar-refractivity contribution in [2.75, 3.05) is 31.6 Å². The number of aryl methyl sites for hydroxylation is 1. The van der Waals surface area contributed by atoms with Gasteiger partial charge in [0.1, 0.15) is 11.6 Å². The summed E-state index contributed by atoms with van der Waals surface area (Å²) in [7, 11) is 1.67. The number of likely N-dealkylation sites (tertiary alicyclic amines) is 1. The number of fused-ring (bicyclic) bond motifs is 1. The smallest absolute Gasteiger partial charge is 0.253 e. The van der Waals surface area contributed by atoms with Crippen molar-refractivity contribution >= 4 is 50.9 Å². The van der Waals surface area contributed by atoms with Gasteiger partial charge >= 0.3 is 0 Å². The highest BCUT2D eigenvalue weighted by atomic mass is 79.9. The lowest BCUT2D eigenvalue weighted by Crippen LogP contribution is -2.60. The third kappa shape index (κ3) is 4.72. The van der Waals surface area contributed by atoms with E-state index in [1.165, 1.54) is 9.80 Å². The van der Waals surface area contributed by atoms with E-state index in [-0.39, 0.29) is 41.6 Å². The Bertz CT molecular complexity index is 1180. The number of para-hydroxylation sites is 1. The molecular weight excluding hydrogens is 598 g/mol. The van der Waals surface area contributed by atoms with Crippen LogP contribution in [0.2, 0.25) is 5.02 Å². The summed E-state index contributed by atoms with van der Waals surface area (Å²) in [6, 6.07) is 3.70. The van der Waals surface area contributed by atoms with Crippen molar-refractivity contribution in [3.63, 3.8) is 0 Å². The van der Waals surface area contributed by atoms with Crippen molar-refractivity contribution < 1.29 is 24.2 Å². The molecule has 0 aliphatic carbocycles. The van der Waals surface area contributed by atoms with Crippen LogP contribution in [0.25, 0.3) is 0 Å². The van der Waals surface area contributed by atoms with E-state index in [0.717, 1.165) is 5.56 Å². The van der Waals surface area contributed by atoms with Crippen molar-refractivity contribution in [3.05, 3.63) is 54.1 Å². The number of carbonyl (C=O) groups is 3. The number of ether oxygens (including phenoxy) is 1. The average Bonchev–Trinajstić information content (AvgIpc) is 3.51. The van der Waals surface area contributed by atoms with Crippen LogP contribution in [0.3, 0.4) is 0 Å². The summed E-state index contributed by atoms with van der Waals surface area (Å²) in [4.78, 5) is 47.4. The number of alkyl halides is 1. The van der Waals surface area contributed by atoms with Gasteiger partial charge in [-0.05, 0) is 30.9 Å². The molecule has 1 aromatic carbocycles. The molecule has 3 fully saturated rings. The number of nitrogens with zero attached hydrogens (tertiary/aromatic N) is 3. The normalized spacial score (nSPS) is 30.1. The number of rotatable bonds is 11. The first-order valence-corrected chi connectivity index (χ1v) is 15.1. The fourth-order valence-electron chi connectivity index (χ4n) is 6.87. The summed E-state index contributed by atoms with van der Waals surface area (Å²) in [6.07, 6.45) is 3.73. The van der Waals surface area contributed by atoms with E-state index in [1.54, 1.807) is 30.2 Å². The van der Waals surface area contributed by atoms with Crippen LogP contribution < -0.4 is 4.90 Å². The molecule has 2 bridgehead atoms. The predicted octanol–water partition coefficient (Wildman–Crippen LogP) is 3.97. The van der Waals surface area contributed by atoms with E-state index in [4.69, 9.17) is 16.3 Å². The van der Waals surface area contributed by atoms with Crippen molar-refractivity contribution in [2.24, 2.45) is 17.8 Å². The third-order valence-electron chi connectivity index (χ3n) is 8.91. The Balaban J connectivity index is 1.90. The van der Waals surface area contributed by atoms with E-state index in [2.05, 4.69) is 29.1 Å². The first-order chi connectivity index (χ1) is 19.0. The molecule has 3 aliphatic rings. The molecule has 0 saturated carbocycles. The molecular formula is C30H39BrClN3O5. The quantitative estimate of drug-likeness (QED) is 0.293. The molecule has 8 nitrogen and oxygen atoms in total. The maximum absolute atomic E-state index is 14.8. The molecule has 40 heavy (non-hydrogen) atoms. The van der Waals surface area contributed by atoms with Crippen LogP contribution in [0.5, 0.6) is 0 Å². The summed E-state index contributed by atoms with van der Waals surface area (Å²) < 4.78 is 6.65. The molecule has 4 rings (SSSR count). The maximum atomic E-state index is 14.8. The number of amides is 3. The Morgan fingerprint density at radius 1 is 1.30 bits per heavy atom. The van der Waals surface area contributed by atoms with Gasteiger partial charge in [0.2, 0.25) is 11.8 Å². The van der Waals surface area contributed by atoms with Crippen molar-refractivity contribution in [2.45, 2.75) is 62.2 Å². The van der Waals surface area contributed by atoms with Crippen LogP contribution >= 0.6 is 27.5 Å². The van der Waals surface area contributed by atoms with E-state index < -0.39 is 35.6 Å². The molecule has 3 saturated heterocycles. The van der Waals surface area contributed by atoms with Crippen LogP contribution in [0.15, 0.2) is 43.5 Å². The molecule has 3 aliphatic heterocycles. The van der Waals surface area contributed by atoms with Gasteiger partial charge in [0, 0.05) is 25.0 Å². The number of likely N-dealkylation sites (N-methyl/N-ethyl adjacent to an activating group) is 1. The van der Waals surface area contributed by atoms with Gasteiger partial charge in [0.05, 0.1) is 41.3 Å². The SMILES string of the molecule is C=CCN(C)C(=O)[C@H]1[C@@H]2OC3(CC2Br)C(C(=O)N(CC=C)c2c(C)cccc2Cl)N([C@@H](CO)[C@@H](C)CC)C(=O)[C@H]13. The van der Waals surface area contributed by atoms with Crippen LogP contribution in [0, 0.1) is 24.7 Å². The molecule has 218 valence electrons. The van der Waals surface area contributed by atoms with Crippen LogP contribution in [-0.4, -0.2) is 88.0 Å². The second-order valence-corrected chi connectivity index (χ2v) is 12.8. The van der Waals surface area contributed by atoms with Crippen LogP contribution in [0.4, 0.5) is 5.69 Å². The zero-order chi connectivity index (χ0) is 29.5. The highest BCUT2D eigenvalue weighted by Gasteiger charge is 2.77. The number of halogens is 2. The number of aliphatic hydroxyl groups is 1. The van der Waals surface area contributed by atoms with Gasteiger partial charge < -0.3 is 24.5 Å². The average molecular weight is 637 g/mol. The molecule has 1 aromatic rings. The Labute approximate surface area is 250 Å². The molecule has 1 spiro atoms. The van der Waals surface area contributed by atoms with E-state index in [9.17, 15) is 19.5 Å². The van der Waals surface area contributed by atoms with Gasteiger partial charge in [-0.25, -0.2) is 0 Å². The summed E-state index contributed by atoms with van der Waals surface area (Å²) >= 11 is 10.3. The second-order valence-electron chi connectivity index (χ2n) is 11.2. The highest BCUT2D eigenvalue weighted by molar-refractivity contribution is 9.09. The topological polar surface area (TPSA) is 90.4 Å². The zero-order valence-corrected chi connectivity index (χ0v) is 25.9. The molecule has 0 aromatic heterocycles. The first kappa shape index (κ1) is 30.8. The Hall–Kier alpha value is -2.20. The van der Waals surface area contributed by atoms with Gasteiger partial charge in [-0.3, -0.25) is 14.4 Å². The van der Waals surface area contributed by atoms with Crippen molar-refractivity contribution in [1.82, 2.24) is 9.80 Å². The molecule has 3 amide bonds. The number of benzene rings is 1.